The predicted octanol–water partition coefficient (Wildman–Crippen LogP) is 2.73. The maximum absolute atomic E-state index is 6.75. The SMILES string of the molecule is CCC[Si](C)(C)O[Si](CC[Si](C)(C)O[Si](O[SiH2]C)(O[SiH2]C)O[SiH2]C)(OCC)OCC. The molecule has 0 aromatic rings. The van der Waals surface area contributed by atoms with E-state index in [1.165, 1.54) is 0 Å². The van der Waals surface area contributed by atoms with Crippen LogP contribution in [0.2, 0.25) is 64.0 Å². The molecular formula is C16H48O7Si7. The number of rotatable bonds is 19. The molecule has 0 saturated carbocycles. The minimum Gasteiger partial charge on any atom is -0.416 e. The van der Waals surface area contributed by atoms with Crippen molar-refractivity contribution in [2.24, 2.45) is 0 Å². The summed E-state index contributed by atoms with van der Waals surface area (Å²) in [4.78, 5) is 0. The van der Waals surface area contributed by atoms with Gasteiger partial charge in [-0.2, -0.15) is 0 Å². The summed E-state index contributed by atoms with van der Waals surface area (Å²) in [5.74, 6) is 0. The second-order valence-corrected chi connectivity index (χ2v) is 26.6. The molecule has 30 heavy (non-hydrogen) atoms. The lowest BCUT2D eigenvalue weighted by Crippen LogP contribution is -2.58. The number of hydrogen-bond acceptors (Lipinski definition) is 7. The lowest BCUT2D eigenvalue weighted by atomic mass is 10.6. The first-order chi connectivity index (χ1) is 14.0. The summed E-state index contributed by atoms with van der Waals surface area (Å²) in [7, 11) is -11.8. The Morgan fingerprint density at radius 1 is 0.600 bits per heavy atom. The first kappa shape index (κ1) is 31.2. The summed E-state index contributed by atoms with van der Waals surface area (Å²) in [6.45, 7) is 22.8. The quantitative estimate of drug-likeness (QED) is 0.230. The average molecular weight is 549 g/mol. The van der Waals surface area contributed by atoms with Crippen molar-refractivity contribution in [3.63, 3.8) is 0 Å². The molecule has 7 nitrogen and oxygen atoms in total. The summed E-state index contributed by atoms with van der Waals surface area (Å²) < 4.78 is 44.3. The average Bonchev–Trinajstić information content (AvgIpc) is 2.60. The molecule has 0 radical (unpaired) electrons. The Labute approximate surface area is 197 Å². The van der Waals surface area contributed by atoms with Gasteiger partial charge in [-0.05, 0) is 52.1 Å². The summed E-state index contributed by atoms with van der Waals surface area (Å²) >= 11 is 0. The summed E-state index contributed by atoms with van der Waals surface area (Å²) in [6, 6.07) is 2.76. The minimum absolute atomic E-state index is 0.601. The highest BCUT2D eigenvalue weighted by Gasteiger charge is 2.51. The maximum atomic E-state index is 6.75. The smallest absolute Gasteiger partial charge is 0.416 e. The molecule has 0 heterocycles. The lowest BCUT2D eigenvalue weighted by Gasteiger charge is -2.39. The van der Waals surface area contributed by atoms with Crippen LogP contribution in [-0.4, -0.2) is 77.0 Å². The first-order valence-corrected chi connectivity index (χ1v) is 27.4. The van der Waals surface area contributed by atoms with Gasteiger partial charge in [-0.25, -0.2) is 0 Å². The molecule has 0 aromatic carbocycles. The van der Waals surface area contributed by atoms with Crippen LogP contribution in [0.25, 0.3) is 0 Å². The van der Waals surface area contributed by atoms with Gasteiger partial charge < -0.3 is 29.4 Å². The van der Waals surface area contributed by atoms with E-state index in [1.54, 1.807) is 0 Å². The van der Waals surface area contributed by atoms with Crippen molar-refractivity contribution >= 4 is 63.8 Å². The Kier molecular flexibility index (Phi) is 15.8. The Morgan fingerprint density at radius 2 is 1.03 bits per heavy atom. The first-order valence-electron chi connectivity index (χ1n) is 11.6. The van der Waals surface area contributed by atoms with Crippen LogP contribution in [-0.2, 0) is 29.4 Å². The van der Waals surface area contributed by atoms with E-state index in [0.717, 1.165) is 24.6 Å². The zero-order valence-electron chi connectivity index (χ0n) is 21.2. The normalized spacial score (nSPS) is 16.6. The third-order valence-electron chi connectivity index (χ3n) is 4.41. The number of hydrogen-bond donors (Lipinski definition) is 0. The van der Waals surface area contributed by atoms with Gasteiger partial charge in [-0.1, -0.05) is 33.0 Å². The Balaban J connectivity index is 5.53. The summed E-state index contributed by atoms with van der Waals surface area (Å²) in [5, 5.41) is 0. The van der Waals surface area contributed by atoms with E-state index < -0.39 is 63.8 Å². The monoisotopic (exact) mass is 548 g/mol. The molecule has 0 N–H and O–H groups in total. The fraction of sp³-hybridized carbons (Fsp3) is 1.00. The molecule has 0 fully saturated rings. The Bertz CT molecular complexity index is 435. The molecule has 14 heteroatoms. The van der Waals surface area contributed by atoms with E-state index in [4.69, 9.17) is 29.4 Å². The van der Waals surface area contributed by atoms with Crippen LogP contribution in [0.15, 0.2) is 0 Å². The van der Waals surface area contributed by atoms with Crippen LogP contribution < -0.4 is 0 Å². The van der Waals surface area contributed by atoms with Crippen molar-refractivity contribution in [2.75, 3.05) is 13.2 Å². The van der Waals surface area contributed by atoms with E-state index >= 15 is 0 Å². The van der Waals surface area contributed by atoms with Crippen molar-refractivity contribution in [3.8, 4) is 0 Å². The molecule has 0 atom stereocenters. The topological polar surface area (TPSA) is 64.6 Å². The fourth-order valence-electron chi connectivity index (χ4n) is 3.40. The van der Waals surface area contributed by atoms with E-state index in [1.807, 2.05) is 13.8 Å². The van der Waals surface area contributed by atoms with Crippen molar-refractivity contribution in [3.05, 3.63) is 0 Å². The summed E-state index contributed by atoms with van der Waals surface area (Å²) in [5.41, 5.74) is 0. The summed E-state index contributed by atoms with van der Waals surface area (Å²) in [6.07, 6.45) is 1.12. The van der Waals surface area contributed by atoms with E-state index in [-0.39, 0.29) is 0 Å². The molecule has 0 rings (SSSR count). The fourth-order valence-corrected chi connectivity index (χ4v) is 27.0. The lowest BCUT2D eigenvalue weighted by molar-refractivity contribution is 0.114. The van der Waals surface area contributed by atoms with Crippen LogP contribution in [0.5, 0.6) is 0 Å². The van der Waals surface area contributed by atoms with Crippen LogP contribution >= 0.6 is 0 Å². The molecule has 0 saturated heterocycles. The highest BCUT2D eigenvalue weighted by atomic mass is 28.5. The van der Waals surface area contributed by atoms with E-state index in [2.05, 4.69) is 52.8 Å². The van der Waals surface area contributed by atoms with Gasteiger partial charge in [0.1, 0.15) is 0 Å². The molecule has 0 aromatic heterocycles. The molecule has 0 aliphatic rings. The second-order valence-electron chi connectivity index (χ2n) is 8.32. The van der Waals surface area contributed by atoms with Crippen LogP contribution in [0.4, 0.5) is 0 Å². The van der Waals surface area contributed by atoms with E-state index in [0.29, 0.717) is 13.2 Å². The highest BCUT2D eigenvalue weighted by Crippen LogP contribution is 2.31. The predicted molar refractivity (Wildman–Crippen MR) is 143 cm³/mol. The minimum atomic E-state index is -2.98. The van der Waals surface area contributed by atoms with Gasteiger partial charge in [0.25, 0.3) is 0 Å². The molecule has 0 unspecified atom stereocenters. The van der Waals surface area contributed by atoms with Crippen molar-refractivity contribution in [1.82, 2.24) is 0 Å². The second kappa shape index (κ2) is 15.2. The van der Waals surface area contributed by atoms with Gasteiger partial charge in [-0.3, -0.25) is 0 Å². The molecule has 0 bridgehead atoms. The maximum Gasteiger partial charge on any atom is 0.635 e. The third kappa shape index (κ3) is 11.9. The van der Waals surface area contributed by atoms with E-state index in [9.17, 15) is 0 Å². The highest BCUT2D eigenvalue weighted by molar-refractivity contribution is 6.84. The Hall–Kier alpha value is 1.24. The van der Waals surface area contributed by atoms with Crippen LogP contribution in [0.1, 0.15) is 27.2 Å². The Morgan fingerprint density at radius 3 is 1.40 bits per heavy atom. The van der Waals surface area contributed by atoms with Gasteiger partial charge in [-0.15, -0.1) is 0 Å². The molecule has 0 spiro atoms. The van der Waals surface area contributed by atoms with Crippen molar-refractivity contribution in [2.45, 2.75) is 91.2 Å². The molecule has 182 valence electrons. The zero-order chi connectivity index (χ0) is 23.3. The van der Waals surface area contributed by atoms with Crippen molar-refractivity contribution < 1.29 is 29.4 Å². The van der Waals surface area contributed by atoms with Gasteiger partial charge >= 0.3 is 17.9 Å². The van der Waals surface area contributed by atoms with Gasteiger partial charge in [0.05, 0.1) is 0 Å². The standard InChI is InChI=1S/C16H48O7Si7/c1-11-14-27(7,8)22-29(17-12-2,18-13-3)16-15-28(9,10)23-30(19-24-4,20-25-5)21-26-6/h11-16,24-26H2,1-10H3. The molecule has 0 aliphatic heterocycles. The zero-order valence-corrected chi connectivity index (χ0v) is 29.5. The molecular weight excluding hydrogens is 501 g/mol. The van der Waals surface area contributed by atoms with Gasteiger partial charge in [0.15, 0.2) is 45.9 Å². The van der Waals surface area contributed by atoms with Gasteiger partial charge in [0, 0.05) is 19.3 Å². The third-order valence-corrected chi connectivity index (χ3v) is 24.8. The largest absolute Gasteiger partial charge is 0.635 e. The van der Waals surface area contributed by atoms with Crippen LogP contribution in [0, 0.1) is 0 Å². The van der Waals surface area contributed by atoms with Crippen molar-refractivity contribution in [1.29, 1.82) is 0 Å². The molecule has 0 amide bonds. The van der Waals surface area contributed by atoms with Crippen LogP contribution in [0.3, 0.4) is 0 Å². The molecule has 0 aliphatic carbocycles. The van der Waals surface area contributed by atoms with Gasteiger partial charge in [0.2, 0.25) is 0 Å².